The van der Waals surface area contributed by atoms with Crippen molar-refractivity contribution < 1.29 is 13.6 Å². The molecule has 0 aromatic carbocycles. The van der Waals surface area contributed by atoms with Crippen molar-refractivity contribution in [2.24, 2.45) is 5.92 Å². The molecule has 0 heterocycles. The minimum Gasteiger partial charge on any atom is -0.303 e. The van der Waals surface area contributed by atoms with Crippen LogP contribution < -0.4 is 0 Å². The molecule has 0 N–H and O–H groups in total. The van der Waals surface area contributed by atoms with Gasteiger partial charge in [0.25, 0.3) is 0 Å². The standard InChI is InChI=1S/C7H10F2O/c8-6-2-1-5(4-10)3-7(6)9/h4-7H,1-3H2. The zero-order valence-electron chi connectivity index (χ0n) is 5.59. The van der Waals surface area contributed by atoms with Crippen LogP contribution in [0.3, 0.4) is 0 Å². The van der Waals surface area contributed by atoms with Crippen molar-refractivity contribution in [1.29, 1.82) is 0 Å². The summed E-state index contributed by atoms with van der Waals surface area (Å²) in [4.78, 5) is 10.1. The smallest absolute Gasteiger partial charge is 0.132 e. The fourth-order valence-corrected chi connectivity index (χ4v) is 1.23. The van der Waals surface area contributed by atoms with Gasteiger partial charge in [0.2, 0.25) is 0 Å². The monoisotopic (exact) mass is 148 g/mol. The molecule has 1 aliphatic carbocycles. The highest BCUT2D eigenvalue weighted by molar-refractivity contribution is 5.53. The first-order valence-electron chi connectivity index (χ1n) is 3.47. The molecule has 3 heteroatoms. The van der Waals surface area contributed by atoms with E-state index in [1.807, 2.05) is 0 Å². The van der Waals surface area contributed by atoms with Gasteiger partial charge in [-0.2, -0.15) is 0 Å². The summed E-state index contributed by atoms with van der Waals surface area (Å²) in [5.41, 5.74) is 0. The van der Waals surface area contributed by atoms with E-state index >= 15 is 0 Å². The van der Waals surface area contributed by atoms with E-state index in [4.69, 9.17) is 0 Å². The minimum atomic E-state index is -1.41. The van der Waals surface area contributed by atoms with Gasteiger partial charge in [-0.3, -0.25) is 0 Å². The Morgan fingerprint density at radius 3 is 2.40 bits per heavy atom. The zero-order chi connectivity index (χ0) is 7.56. The van der Waals surface area contributed by atoms with Gasteiger partial charge in [-0.1, -0.05) is 0 Å². The van der Waals surface area contributed by atoms with Crippen molar-refractivity contribution in [2.75, 3.05) is 0 Å². The summed E-state index contributed by atoms with van der Waals surface area (Å²) in [5, 5.41) is 0. The number of alkyl halides is 2. The van der Waals surface area contributed by atoms with E-state index in [0.717, 1.165) is 6.29 Å². The first-order chi connectivity index (χ1) is 4.74. The second-order valence-corrected chi connectivity index (χ2v) is 2.74. The number of hydrogen-bond donors (Lipinski definition) is 0. The Morgan fingerprint density at radius 2 is 1.90 bits per heavy atom. The summed E-state index contributed by atoms with van der Waals surface area (Å²) in [5.74, 6) is -0.248. The van der Waals surface area contributed by atoms with Crippen LogP contribution in [0, 0.1) is 5.92 Å². The lowest BCUT2D eigenvalue weighted by Crippen LogP contribution is -2.27. The van der Waals surface area contributed by atoms with Crippen LogP contribution in [0.25, 0.3) is 0 Å². The molecule has 0 aromatic rings. The third-order valence-corrected chi connectivity index (χ3v) is 1.93. The highest BCUT2D eigenvalue weighted by Crippen LogP contribution is 2.27. The maximum absolute atomic E-state index is 12.5. The molecule has 1 fully saturated rings. The lowest BCUT2D eigenvalue weighted by molar-refractivity contribution is -0.113. The lowest BCUT2D eigenvalue weighted by Gasteiger charge is -2.23. The van der Waals surface area contributed by atoms with Crippen molar-refractivity contribution in [1.82, 2.24) is 0 Å². The molecule has 10 heavy (non-hydrogen) atoms. The van der Waals surface area contributed by atoms with Crippen LogP contribution in [-0.4, -0.2) is 18.6 Å². The summed E-state index contributed by atoms with van der Waals surface area (Å²) in [6.07, 6.45) is -1.25. The molecule has 0 aromatic heterocycles. The maximum Gasteiger partial charge on any atom is 0.132 e. The fourth-order valence-electron chi connectivity index (χ4n) is 1.23. The van der Waals surface area contributed by atoms with Crippen LogP contribution in [0.2, 0.25) is 0 Å². The molecule has 0 bridgehead atoms. The third kappa shape index (κ3) is 1.52. The van der Waals surface area contributed by atoms with E-state index in [1.165, 1.54) is 0 Å². The third-order valence-electron chi connectivity index (χ3n) is 1.93. The molecular weight excluding hydrogens is 138 g/mol. The Labute approximate surface area is 58.4 Å². The van der Waals surface area contributed by atoms with Crippen LogP contribution in [0.4, 0.5) is 8.78 Å². The van der Waals surface area contributed by atoms with Crippen molar-refractivity contribution in [3.8, 4) is 0 Å². The molecule has 0 aliphatic heterocycles. The van der Waals surface area contributed by atoms with Gasteiger partial charge in [0, 0.05) is 5.92 Å². The summed E-state index contributed by atoms with van der Waals surface area (Å²) in [7, 11) is 0. The number of carbonyl (C=O) groups excluding carboxylic acids is 1. The van der Waals surface area contributed by atoms with E-state index in [2.05, 4.69) is 0 Å². The quantitative estimate of drug-likeness (QED) is 0.517. The second kappa shape index (κ2) is 3.08. The normalized spacial score (nSPS) is 41.2. The predicted octanol–water partition coefficient (Wildman–Crippen LogP) is 1.66. The van der Waals surface area contributed by atoms with Crippen LogP contribution in [0.15, 0.2) is 0 Å². The van der Waals surface area contributed by atoms with Gasteiger partial charge in [-0.25, -0.2) is 8.78 Å². The van der Waals surface area contributed by atoms with Crippen LogP contribution in [0.5, 0.6) is 0 Å². The van der Waals surface area contributed by atoms with Crippen molar-refractivity contribution in [3.63, 3.8) is 0 Å². The molecule has 1 nitrogen and oxygen atoms in total. The van der Waals surface area contributed by atoms with E-state index in [-0.39, 0.29) is 18.8 Å². The van der Waals surface area contributed by atoms with Gasteiger partial charge < -0.3 is 4.79 Å². The number of carbonyl (C=O) groups is 1. The lowest BCUT2D eigenvalue weighted by atomic mass is 9.88. The number of halogens is 2. The topological polar surface area (TPSA) is 17.1 Å². The molecule has 58 valence electrons. The van der Waals surface area contributed by atoms with Gasteiger partial charge >= 0.3 is 0 Å². The Bertz CT molecular complexity index is 127. The number of aldehydes is 1. The first-order valence-corrected chi connectivity index (χ1v) is 3.47. The van der Waals surface area contributed by atoms with E-state index in [9.17, 15) is 13.6 Å². The van der Waals surface area contributed by atoms with E-state index in [1.54, 1.807) is 0 Å². The number of hydrogen-bond acceptors (Lipinski definition) is 1. The molecule has 0 spiro atoms. The van der Waals surface area contributed by atoms with E-state index < -0.39 is 12.3 Å². The van der Waals surface area contributed by atoms with Crippen LogP contribution in [-0.2, 0) is 4.79 Å². The van der Waals surface area contributed by atoms with Gasteiger partial charge in [0.15, 0.2) is 0 Å². The largest absolute Gasteiger partial charge is 0.303 e. The molecule has 3 atom stereocenters. The molecule has 1 rings (SSSR count). The summed E-state index contributed by atoms with van der Waals surface area (Å²) >= 11 is 0. The first kappa shape index (κ1) is 7.63. The molecular formula is C7H10F2O. The van der Waals surface area contributed by atoms with E-state index in [0.29, 0.717) is 6.42 Å². The summed E-state index contributed by atoms with van der Waals surface area (Å²) in [6, 6.07) is 0. The Hall–Kier alpha value is -0.470. The highest BCUT2D eigenvalue weighted by atomic mass is 19.2. The molecule has 3 unspecified atom stereocenters. The van der Waals surface area contributed by atoms with Crippen molar-refractivity contribution >= 4 is 6.29 Å². The molecule has 1 aliphatic rings. The predicted molar refractivity (Wildman–Crippen MR) is 33.2 cm³/mol. The van der Waals surface area contributed by atoms with Gasteiger partial charge in [-0.05, 0) is 19.3 Å². The highest BCUT2D eigenvalue weighted by Gasteiger charge is 2.29. The second-order valence-electron chi connectivity index (χ2n) is 2.74. The molecule has 0 saturated heterocycles. The zero-order valence-corrected chi connectivity index (χ0v) is 5.59. The van der Waals surface area contributed by atoms with Gasteiger partial charge in [0.05, 0.1) is 0 Å². The summed E-state index contributed by atoms with van der Waals surface area (Å²) in [6.45, 7) is 0. The van der Waals surface area contributed by atoms with Crippen molar-refractivity contribution in [3.05, 3.63) is 0 Å². The minimum absolute atomic E-state index is 0.0741. The van der Waals surface area contributed by atoms with Crippen LogP contribution in [0.1, 0.15) is 19.3 Å². The molecule has 0 amide bonds. The molecule has 0 radical (unpaired) electrons. The Morgan fingerprint density at radius 1 is 1.20 bits per heavy atom. The van der Waals surface area contributed by atoms with Gasteiger partial charge in [-0.15, -0.1) is 0 Å². The van der Waals surface area contributed by atoms with Crippen molar-refractivity contribution in [2.45, 2.75) is 31.6 Å². The Kier molecular flexibility index (Phi) is 2.35. The average Bonchev–Trinajstić information content (AvgIpc) is 1.95. The average molecular weight is 148 g/mol. The van der Waals surface area contributed by atoms with Crippen LogP contribution >= 0.6 is 0 Å². The molecule has 1 saturated carbocycles. The maximum atomic E-state index is 12.5. The fraction of sp³-hybridized carbons (Fsp3) is 0.857. The number of rotatable bonds is 1. The SMILES string of the molecule is O=CC1CCC(F)C(F)C1. The Balaban J connectivity index is 2.40. The summed E-state index contributed by atoms with van der Waals surface area (Å²) < 4.78 is 24.9. The van der Waals surface area contributed by atoms with Gasteiger partial charge in [0.1, 0.15) is 18.6 Å².